The highest BCUT2D eigenvalue weighted by Gasteiger charge is 2.26. The predicted molar refractivity (Wildman–Crippen MR) is 119 cm³/mol. The molecule has 0 radical (unpaired) electrons. The minimum absolute atomic E-state index is 0.119. The van der Waals surface area contributed by atoms with Gasteiger partial charge in [-0.3, -0.25) is 9.59 Å². The van der Waals surface area contributed by atoms with E-state index in [0.717, 1.165) is 27.6 Å². The number of hydrogen-bond donors (Lipinski definition) is 1. The molecule has 0 bridgehead atoms. The lowest BCUT2D eigenvalue weighted by atomic mass is 10.1. The van der Waals surface area contributed by atoms with Gasteiger partial charge in [0.15, 0.2) is 6.61 Å². The Morgan fingerprint density at radius 3 is 2.48 bits per heavy atom. The zero-order valence-electron chi connectivity index (χ0n) is 17.5. The first-order valence-electron chi connectivity index (χ1n) is 9.84. The van der Waals surface area contributed by atoms with E-state index in [1.54, 1.807) is 11.8 Å². The summed E-state index contributed by atoms with van der Waals surface area (Å²) in [5, 5.41) is 2.87. The smallest absolute Gasteiger partial charge is 0.261 e. The van der Waals surface area contributed by atoms with Crippen LogP contribution in [0, 0.1) is 13.8 Å². The van der Waals surface area contributed by atoms with Crippen molar-refractivity contribution < 1.29 is 14.3 Å². The van der Waals surface area contributed by atoms with Gasteiger partial charge >= 0.3 is 0 Å². The standard InChI is InChI=1S/C23H29BrN2O3/c1-5-13-25-23(28)18(4)26(14-19-9-11-20(24)12-10-19)22(27)15-29-21-8-6-7-16(2)17(21)3/h6-12,18H,5,13-15H2,1-4H3,(H,25,28). The number of amides is 2. The molecule has 0 spiro atoms. The molecule has 0 fully saturated rings. The van der Waals surface area contributed by atoms with Gasteiger partial charge in [0.2, 0.25) is 5.91 Å². The highest BCUT2D eigenvalue weighted by Crippen LogP contribution is 2.21. The summed E-state index contributed by atoms with van der Waals surface area (Å²) in [7, 11) is 0. The summed E-state index contributed by atoms with van der Waals surface area (Å²) < 4.78 is 6.76. The number of aryl methyl sites for hydroxylation is 1. The van der Waals surface area contributed by atoms with Crippen LogP contribution < -0.4 is 10.1 Å². The molecule has 6 heteroatoms. The molecule has 29 heavy (non-hydrogen) atoms. The van der Waals surface area contributed by atoms with Crippen LogP contribution in [0.1, 0.15) is 37.0 Å². The molecule has 1 unspecified atom stereocenters. The number of halogens is 1. The van der Waals surface area contributed by atoms with E-state index in [1.807, 2.05) is 63.2 Å². The van der Waals surface area contributed by atoms with E-state index >= 15 is 0 Å². The van der Waals surface area contributed by atoms with Crippen LogP contribution in [0.2, 0.25) is 0 Å². The van der Waals surface area contributed by atoms with Crippen molar-refractivity contribution >= 4 is 27.7 Å². The number of nitrogens with one attached hydrogen (secondary N) is 1. The number of carbonyl (C=O) groups is 2. The SMILES string of the molecule is CCCNC(=O)C(C)N(Cc1ccc(Br)cc1)C(=O)COc1cccc(C)c1C. The van der Waals surface area contributed by atoms with Gasteiger partial charge in [0.1, 0.15) is 11.8 Å². The predicted octanol–water partition coefficient (Wildman–Crippen LogP) is 4.39. The number of ether oxygens (including phenoxy) is 1. The molecule has 2 aromatic carbocycles. The third kappa shape index (κ3) is 6.60. The average molecular weight is 461 g/mol. The van der Waals surface area contributed by atoms with Gasteiger partial charge in [-0.2, -0.15) is 0 Å². The summed E-state index contributed by atoms with van der Waals surface area (Å²) in [6.07, 6.45) is 0.842. The Hall–Kier alpha value is -2.34. The number of hydrogen-bond acceptors (Lipinski definition) is 3. The Morgan fingerprint density at radius 1 is 1.14 bits per heavy atom. The Kier molecular flexibility index (Phi) is 8.70. The second kappa shape index (κ2) is 11.0. The first-order chi connectivity index (χ1) is 13.8. The van der Waals surface area contributed by atoms with Crippen molar-refractivity contribution in [1.82, 2.24) is 10.2 Å². The molecule has 156 valence electrons. The van der Waals surface area contributed by atoms with Crippen LogP contribution in [-0.4, -0.2) is 35.9 Å². The minimum Gasteiger partial charge on any atom is -0.483 e. The normalized spacial score (nSPS) is 11.6. The second-order valence-corrected chi connectivity index (χ2v) is 8.02. The van der Waals surface area contributed by atoms with Gasteiger partial charge in [-0.15, -0.1) is 0 Å². The molecule has 2 rings (SSSR count). The van der Waals surface area contributed by atoms with Gasteiger partial charge in [-0.1, -0.05) is 47.1 Å². The molecule has 0 heterocycles. The second-order valence-electron chi connectivity index (χ2n) is 7.10. The summed E-state index contributed by atoms with van der Waals surface area (Å²) in [5.41, 5.74) is 3.06. The van der Waals surface area contributed by atoms with Crippen molar-refractivity contribution in [3.05, 3.63) is 63.6 Å². The van der Waals surface area contributed by atoms with E-state index in [-0.39, 0.29) is 18.4 Å². The fourth-order valence-electron chi connectivity index (χ4n) is 2.87. The maximum atomic E-state index is 13.0. The number of rotatable bonds is 9. The van der Waals surface area contributed by atoms with Crippen LogP contribution in [0.15, 0.2) is 46.9 Å². The van der Waals surface area contributed by atoms with E-state index < -0.39 is 6.04 Å². The molecule has 5 nitrogen and oxygen atoms in total. The molecule has 0 aromatic heterocycles. The Bertz CT molecular complexity index is 837. The van der Waals surface area contributed by atoms with Crippen LogP contribution in [0.25, 0.3) is 0 Å². The first-order valence-corrected chi connectivity index (χ1v) is 10.6. The van der Waals surface area contributed by atoms with Gasteiger partial charge in [-0.25, -0.2) is 0 Å². The quantitative estimate of drug-likeness (QED) is 0.603. The molecule has 0 aliphatic carbocycles. The Labute approximate surface area is 181 Å². The highest BCUT2D eigenvalue weighted by atomic mass is 79.9. The van der Waals surface area contributed by atoms with Crippen LogP contribution in [0.4, 0.5) is 0 Å². The molecule has 0 saturated heterocycles. The van der Waals surface area contributed by atoms with Gasteiger partial charge < -0.3 is 15.0 Å². The molecular weight excluding hydrogens is 432 g/mol. The molecule has 0 aliphatic rings. The van der Waals surface area contributed by atoms with Crippen LogP contribution in [0.3, 0.4) is 0 Å². The van der Waals surface area contributed by atoms with E-state index in [1.165, 1.54) is 0 Å². The van der Waals surface area contributed by atoms with E-state index in [2.05, 4.69) is 21.2 Å². The summed E-state index contributed by atoms with van der Waals surface area (Å²) in [5.74, 6) is 0.294. The van der Waals surface area contributed by atoms with E-state index in [9.17, 15) is 9.59 Å². The summed E-state index contributed by atoms with van der Waals surface area (Å²) in [6, 6.07) is 12.9. The van der Waals surface area contributed by atoms with E-state index in [0.29, 0.717) is 18.8 Å². The number of nitrogens with zero attached hydrogens (tertiary/aromatic N) is 1. The van der Waals surface area contributed by atoms with E-state index in [4.69, 9.17) is 4.74 Å². The largest absolute Gasteiger partial charge is 0.483 e. The van der Waals surface area contributed by atoms with Gasteiger partial charge in [0.05, 0.1) is 0 Å². The fraction of sp³-hybridized carbons (Fsp3) is 0.391. The fourth-order valence-corrected chi connectivity index (χ4v) is 3.13. The van der Waals surface area contributed by atoms with Crippen LogP contribution >= 0.6 is 15.9 Å². The Morgan fingerprint density at radius 2 is 1.83 bits per heavy atom. The molecule has 2 amide bonds. The third-order valence-electron chi connectivity index (χ3n) is 4.89. The van der Waals surface area contributed by atoms with Crippen molar-refractivity contribution in [2.24, 2.45) is 0 Å². The first kappa shape index (κ1) is 22.9. The van der Waals surface area contributed by atoms with Crippen molar-refractivity contribution in [2.75, 3.05) is 13.2 Å². The molecular formula is C23H29BrN2O3. The van der Waals surface area contributed by atoms with Crippen molar-refractivity contribution in [3.8, 4) is 5.75 Å². The van der Waals surface area contributed by atoms with Crippen molar-refractivity contribution in [1.29, 1.82) is 0 Å². The maximum absolute atomic E-state index is 13.0. The number of carbonyl (C=O) groups excluding carboxylic acids is 2. The lowest BCUT2D eigenvalue weighted by Crippen LogP contribution is -2.49. The molecule has 1 N–H and O–H groups in total. The average Bonchev–Trinajstić information content (AvgIpc) is 2.71. The topological polar surface area (TPSA) is 58.6 Å². The van der Waals surface area contributed by atoms with Crippen LogP contribution in [-0.2, 0) is 16.1 Å². The van der Waals surface area contributed by atoms with Gasteiger partial charge in [0, 0.05) is 17.6 Å². The van der Waals surface area contributed by atoms with Gasteiger partial charge in [-0.05, 0) is 62.1 Å². The molecule has 0 aliphatic heterocycles. The monoisotopic (exact) mass is 460 g/mol. The third-order valence-corrected chi connectivity index (χ3v) is 5.42. The van der Waals surface area contributed by atoms with Gasteiger partial charge in [0.25, 0.3) is 5.91 Å². The summed E-state index contributed by atoms with van der Waals surface area (Å²) >= 11 is 3.42. The highest BCUT2D eigenvalue weighted by molar-refractivity contribution is 9.10. The zero-order valence-corrected chi connectivity index (χ0v) is 19.1. The molecule has 2 aromatic rings. The lowest BCUT2D eigenvalue weighted by Gasteiger charge is -2.29. The molecule has 1 atom stereocenters. The summed E-state index contributed by atoms with van der Waals surface area (Å²) in [6.45, 7) is 8.52. The summed E-state index contributed by atoms with van der Waals surface area (Å²) in [4.78, 5) is 27.1. The zero-order chi connectivity index (χ0) is 21.4. The van der Waals surface area contributed by atoms with Crippen molar-refractivity contribution in [2.45, 2.75) is 46.7 Å². The maximum Gasteiger partial charge on any atom is 0.261 e. The number of benzene rings is 2. The minimum atomic E-state index is -0.597. The van der Waals surface area contributed by atoms with Crippen LogP contribution in [0.5, 0.6) is 5.75 Å². The lowest BCUT2D eigenvalue weighted by molar-refractivity contribution is -0.142. The van der Waals surface area contributed by atoms with Crippen molar-refractivity contribution in [3.63, 3.8) is 0 Å². The Balaban J connectivity index is 2.15. The molecule has 0 saturated carbocycles.